The van der Waals surface area contributed by atoms with Crippen molar-refractivity contribution in [2.45, 2.75) is 23.9 Å². The lowest BCUT2D eigenvalue weighted by molar-refractivity contribution is -0.137. The molecular weight excluding hydrogens is 317 g/mol. The monoisotopic (exact) mass is 324 g/mol. The third-order valence-corrected chi connectivity index (χ3v) is 4.70. The van der Waals surface area contributed by atoms with E-state index in [4.69, 9.17) is 11.6 Å². The summed E-state index contributed by atoms with van der Waals surface area (Å²) in [6.45, 7) is 1.88. The molecular formula is C11H8ClF3N2S2. The fraction of sp³-hybridized carbons (Fsp3) is 0.273. The van der Waals surface area contributed by atoms with E-state index >= 15 is 0 Å². The van der Waals surface area contributed by atoms with E-state index in [0.29, 0.717) is 10.8 Å². The Bertz CT molecular complexity index is 584. The number of rotatable bonds is 3. The molecule has 0 bridgehead atoms. The molecule has 0 aromatic carbocycles. The highest BCUT2D eigenvalue weighted by molar-refractivity contribution is 7.98. The molecule has 2 heterocycles. The van der Waals surface area contributed by atoms with Crippen molar-refractivity contribution < 1.29 is 13.2 Å². The predicted molar refractivity (Wildman–Crippen MR) is 70.7 cm³/mol. The minimum absolute atomic E-state index is 0.00750. The molecule has 0 radical (unpaired) electrons. The van der Waals surface area contributed by atoms with Crippen LogP contribution in [0.4, 0.5) is 13.2 Å². The van der Waals surface area contributed by atoms with E-state index in [9.17, 15) is 13.2 Å². The Morgan fingerprint density at radius 3 is 2.68 bits per heavy atom. The Kier molecular flexibility index (Phi) is 4.37. The summed E-state index contributed by atoms with van der Waals surface area (Å²) in [5.41, 5.74) is 0.0824. The molecule has 0 unspecified atom stereocenters. The van der Waals surface area contributed by atoms with Crippen molar-refractivity contribution in [3.63, 3.8) is 0 Å². The molecule has 0 aliphatic rings. The zero-order valence-electron chi connectivity index (χ0n) is 9.66. The third-order valence-electron chi connectivity index (χ3n) is 2.13. The van der Waals surface area contributed by atoms with Gasteiger partial charge in [0.25, 0.3) is 0 Å². The Balaban J connectivity index is 2.09. The van der Waals surface area contributed by atoms with Crippen LogP contribution < -0.4 is 0 Å². The largest absolute Gasteiger partial charge is 0.417 e. The molecule has 2 rings (SSSR count). The zero-order valence-corrected chi connectivity index (χ0v) is 12.1. The van der Waals surface area contributed by atoms with Crippen LogP contribution in [0.3, 0.4) is 0 Å². The van der Waals surface area contributed by atoms with Gasteiger partial charge in [0.2, 0.25) is 0 Å². The highest BCUT2D eigenvalue weighted by Crippen LogP contribution is 2.34. The van der Waals surface area contributed by atoms with Gasteiger partial charge in [-0.1, -0.05) is 23.4 Å². The standard InChI is InChI=1S/C11H8ClF3N2S2/c1-6-4-18-9(17-6)5-19-10-8(12)2-7(3-16-10)11(13,14)15/h2-4H,5H2,1H3. The summed E-state index contributed by atoms with van der Waals surface area (Å²) in [5.74, 6) is 0.538. The lowest BCUT2D eigenvalue weighted by Crippen LogP contribution is -2.05. The first kappa shape index (κ1) is 14.6. The number of hydrogen-bond donors (Lipinski definition) is 0. The average molecular weight is 325 g/mol. The number of thiazole rings is 1. The molecule has 0 saturated heterocycles. The van der Waals surface area contributed by atoms with Crippen LogP contribution in [-0.4, -0.2) is 9.97 Å². The van der Waals surface area contributed by atoms with Crippen LogP contribution in [0.1, 0.15) is 16.3 Å². The average Bonchev–Trinajstić information content (AvgIpc) is 2.72. The lowest BCUT2D eigenvalue weighted by Gasteiger charge is -2.08. The quantitative estimate of drug-likeness (QED) is 0.758. The van der Waals surface area contributed by atoms with Gasteiger partial charge in [-0.05, 0) is 13.0 Å². The second-order valence-electron chi connectivity index (χ2n) is 3.68. The van der Waals surface area contributed by atoms with Gasteiger partial charge in [0, 0.05) is 17.3 Å². The molecule has 102 valence electrons. The van der Waals surface area contributed by atoms with E-state index in [2.05, 4.69) is 9.97 Å². The van der Waals surface area contributed by atoms with Crippen LogP contribution in [0.15, 0.2) is 22.7 Å². The van der Waals surface area contributed by atoms with Crippen LogP contribution in [0.25, 0.3) is 0 Å². The van der Waals surface area contributed by atoms with E-state index in [1.54, 1.807) is 0 Å². The molecule has 0 aliphatic carbocycles. The zero-order chi connectivity index (χ0) is 14.0. The third kappa shape index (κ3) is 3.84. The minimum Gasteiger partial charge on any atom is -0.248 e. The van der Waals surface area contributed by atoms with E-state index < -0.39 is 11.7 Å². The van der Waals surface area contributed by atoms with Crippen molar-refractivity contribution in [1.29, 1.82) is 0 Å². The maximum atomic E-state index is 12.4. The number of pyridine rings is 1. The molecule has 2 aromatic heterocycles. The van der Waals surface area contributed by atoms with Gasteiger partial charge in [0.1, 0.15) is 10.0 Å². The fourth-order valence-electron chi connectivity index (χ4n) is 1.29. The molecule has 0 atom stereocenters. The van der Waals surface area contributed by atoms with Crippen LogP contribution in [-0.2, 0) is 11.9 Å². The van der Waals surface area contributed by atoms with Gasteiger partial charge in [-0.15, -0.1) is 11.3 Å². The predicted octanol–water partition coefficient (Wildman–Crippen LogP) is 4.81. The molecule has 0 saturated carbocycles. The van der Waals surface area contributed by atoms with Crippen LogP contribution in [0, 0.1) is 6.92 Å². The van der Waals surface area contributed by atoms with Crippen molar-refractivity contribution in [3.05, 3.63) is 38.9 Å². The summed E-state index contributed by atoms with van der Waals surface area (Å²) in [6, 6.07) is 0.893. The number of aryl methyl sites for hydroxylation is 1. The molecule has 0 N–H and O–H groups in total. The first-order valence-electron chi connectivity index (χ1n) is 5.13. The summed E-state index contributed by atoms with van der Waals surface area (Å²) >= 11 is 8.58. The van der Waals surface area contributed by atoms with Crippen LogP contribution in [0.5, 0.6) is 0 Å². The van der Waals surface area contributed by atoms with E-state index in [-0.39, 0.29) is 5.02 Å². The first-order chi connectivity index (χ1) is 8.86. The van der Waals surface area contributed by atoms with Gasteiger partial charge >= 0.3 is 6.18 Å². The van der Waals surface area contributed by atoms with Crippen LogP contribution in [0.2, 0.25) is 5.02 Å². The van der Waals surface area contributed by atoms with Crippen molar-refractivity contribution in [2.75, 3.05) is 0 Å². The van der Waals surface area contributed by atoms with E-state index in [1.165, 1.54) is 23.1 Å². The molecule has 2 aromatic rings. The highest BCUT2D eigenvalue weighted by Gasteiger charge is 2.31. The second kappa shape index (κ2) is 5.68. The fourth-order valence-corrected chi connectivity index (χ4v) is 3.27. The Morgan fingerprint density at radius 2 is 2.16 bits per heavy atom. The molecule has 0 spiro atoms. The summed E-state index contributed by atoms with van der Waals surface area (Å²) < 4.78 is 37.3. The van der Waals surface area contributed by atoms with Gasteiger partial charge in [0.05, 0.1) is 16.3 Å². The lowest BCUT2D eigenvalue weighted by atomic mass is 10.3. The van der Waals surface area contributed by atoms with Gasteiger partial charge < -0.3 is 0 Å². The molecule has 0 aliphatic heterocycles. The van der Waals surface area contributed by atoms with Gasteiger partial charge in [-0.2, -0.15) is 13.2 Å². The normalized spacial score (nSPS) is 11.8. The minimum atomic E-state index is -4.42. The van der Waals surface area contributed by atoms with Crippen LogP contribution >= 0.6 is 34.7 Å². The SMILES string of the molecule is Cc1csc(CSc2ncc(C(F)(F)F)cc2Cl)n1. The highest BCUT2D eigenvalue weighted by atomic mass is 35.5. The number of halogens is 4. The summed E-state index contributed by atoms with van der Waals surface area (Å²) in [6.07, 6.45) is -3.63. The molecule has 0 amide bonds. The Labute approximate surface area is 121 Å². The Morgan fingerprint density at radius 1 is 1.42 bits per heavy atom. The first-order valence-corrected chi connectivity index (χ1v) is 7.37. The number of nitrogens with zero attached hydrogens (tertiary/aromatic N) is 2. The van der Waals surface area contributed by atoms with E-state index in [1.807, 2.05) is 12.3 Å². The van der Waals surface area contributed by atoms with Crippen molar-refractivity contribution >= 4 is 34.7 Å². The maximum Gasteiger partial charge on any atom is 0.417 e. The molecule has 19 heavy (non-hydrogen) atoms. The summed E-state index contributed by atoms with van der Waals surface area (Å²) in [7, 11) is 0. The van der Waals surface area contributed by atoms with Crippen molar-refractivity contribution in [2.24, 2.45) is 0 Å². The molecule has 0 fully saturated rings. The smallest absolute Gasteiger partial charge is 0.248 e. The Hall–Kier alpha value is -0.790. The number of hydrogen-bond acceptors (Lipinski definition) is 4. The van der Waals surface area contributed by atoms with Gasteiger partial charge in [-0.3, -0.25) is 0 Å². The summed E-state index contributed by atoms with van der Waals surface area (Å²) in [5, 5.41) is 3.19. The molecule has 8 heteroatoms. The second-order valence-corrected chi connectivity index (χ2v) is 5.99. The maximum absolute atomic E-state index is 12.4. The number of alkyl halides is 3. The molecule has 2 nitrogen and oxygen atoms in total. The summed E-state index contributed by atoms with van der Waals surface area (Å²) in [4.78, 5) is 8.01. The van der Waals surface area contributed by atoms with Gasteiger partial charge in [-0.25, -0.2) is 9.97 Å². The van der Waals surface area contributed by atoms with Gasteiger partial charge in [0.15, 0.2) is 0 Å². The van der Waals surface area contributed by atoms with Crippen molar-refractivity contribution in [3.8, 4) is 0 Å². The number of thioether (sulfide) groups is 1. The van der Waals surface area contributed by atoms with E-state index in [0.717, 1.165) is 23.0 Å². The number of aromatic nitrogens is 2. The topological polar surface area (TPSA) is 25.8 Å². The van der Waals surface area contributed by atoms with Crippen molar-refractivity contribution in [1.82, 2.24) is 9.97 Å².